The van der Waals surface area contributed by atoms with Gasteiger partial charge in [-0.1, -0.05) is 0 Å². The van der Waals surface area contributed by atoms with Crippen molar-refractivity contribution in [2.24, 2.45) is 0 Å². The molecule has 1 aromatic carbocycles. The van der Waals surface area contributed by atoms with E-state index in [1.54, 1.807) is 6.07 Å². The Labute approximate surface area is 106 Å². The molecule has 0 fully saturated rings. The fourth-order valence-electron chi connectivity index (χ4n) is 1.54. The van der Waals surface area contributed by atoms with E-state index in [0.717, 1.165) is 11.4 Å². The average molecular weight is 244 g/mol. The van der Waals surface area contributed by atoms with Crippen LogP contribution in [0.4, 0.5) is 29.0 Å². The molecule has 0 atom stereocenters. The highest BCUT2D eigenvalue weighted by molar-refractivity contribution is 5.62. The molecule has 2 rings (SSSR count). The molecule has 6 heteroatoms. The molecule has 0 unspecified atom stereocenters. The Balaban J connectivity index is 2.18. The van der Waals surface area contributed by atoms with Gasteiger partial charge >= 0.3 is 0 Å². The minimum Gasteiger partial charge on any atom is -0.383 e. The number of nitrogen functional groups attached to an aromatic ring is 2. The second-order valence-corrected chi connectivity index (χ2v) is 4.10. The largest absolute Gasteiger partial charge is 0.383 e. The minimum absolute atomic E-state index is 0.155. The van der Waals surface area contributed by atoms with E-state index in [2.05, 4.69) is 15.3 Å². The zero-order chi connectivity index (χ0) is 13.1. The lowest BCUT2D eigenvalue weighted by Crippen LogP contribution is -2.08. The first-order chi connectivity index (χ1) is 8.54. The summed E-state index contributed by atoms with van der Waals surface area (Å²) in [4.78, 5) is 9.90. The molecule has 0 aliphatic rings. The summed E-state index contributed by atoms with van der Waals surface area (Å²) in [6.45, 7) is 0. The van der Waals surface area contributed by atoms with Crippen molar-refractivity contribution in [1.29, 1.82) is 0 Å². The molecular weight excluding hydrogens is 228 g/mol. The van der Waals surface area contributed by atoms with Crippen molar-refractivity contribution >= 4 is 29.0 Å². The maximum Gasteiger partial charge on any atom is 0.223 e. The second-order valence-electron chi connectivity index (χ2n) is 4.10. The van der Waals surface area contributed by atoms with Crippen LogP contribution in [0.15, 0.2) is 30.3 Å². The van der Waals surface area contributed by atoms with E-state index in [1.165, 1.54) is 0 Å². The third-order valence-electron chi connectivity index (χ3n) is 2.42. The predicted molar refractivity (Wildman–Crippen MR) is 74.9 cm³/mol. The molecule has 0 amide bonds. The van der Waals surface area contributed by atoms with Gasteiger partial charge in [0.05, 0.1) is 0 Å². The Morgan fingerprint density at radius 1 is 1.06 bits per heavy atom. The highest BCUT2D eigenvalue weighted by Crippen LogP contribution is 2.20. The Morgan fingerprint density at radius 3 is 2.28 bits per heavy atom. The number of nitrogens with zero attached hydrogens (tertiary/aromatic N) is 3. The van der Waals surface area contributed by atoms with Gasteiger partial charge in [-0.05, 0) is 24.3 Å². The molecule has 18 heavy (non-hydrogen) atoms. The summed E-state index contributed by atoms with van der Waals surface area (Å²) in [5, 5.41) is 3.12. The molecule has 94 valence electrons. The standard InChI is InChI=1S/C12H16N6/c1-18(2)9-5-3-8(4-6-9)15-11-7-10(13)16-12(14)17-11/h3-7H,1-2H3,(H5,13,14,15,16,17). The summed E-state index contributed by atoms with van der Waals surface area (Å²) in [7, 11) is 3.99. The van der Waals surface area contributed by atoms with E-state index in [-0.39, 0.29) is 5.95 Å². The van der Waals surface area contributed by atoms with E-state index in [1.807, 2.05) is 43.3 Å². The summed E-state index contributed by atoms with van der Waals surface area (Å²) in [6, 6.07) is 9.58. The Morgan fingerprint density at radius 2 is 1.72 bits per heavy atom. The maximum atomic E-state index is 5.60. The van der Waals surface area contributed by atoms with Crippen LogP contribution in [0, 0.1) is 0 Å². The van der Waals surface area contributed by atoms with Crippen LogP contribution in [0.1, 0.15) is 0 Å². The fourth-order valence-corrected chi connectivity index (χ4v) is 1.54. The van der Waals surface area contributed by atoms with Gasteiger partial charge in [0.15, 0.2) is 0 Å². The number of nitrogens with one attached hydrogen (secondary N) is 1. The highest BCUT2D eigenvalue weighted by atomic mass is 15.1. The third-order valence-corrected chi connectivity index (χ3v) is 2.42. The molecular formula is C12H16N6. The van der Waals surface area contributed by atoms with Crippen LogP contribution >= 0.6 is 0 Å². The van der Waals surface area contributed by atoms with Crippen LogP contribution in [-0.2, 0) is 0 Å². The highest BCUT2D eigenvalue weighted by Gasteiger charge is 2.01. The van der Waals surface area contributed by atoms with Crippen molar-refractivity contribution in [3.8, 4) is 0 Å². The molecule has 6 nitrogen and oxygen atoms in total. The lowest BCUT2D eigenvalue weighted by molar-refractivity contribution is 1.13. The molecule has 2 aromatic rings. The van der Waals surface area contributed by atoms with Crippen molar-refractivity contribution < 1.29 is 0 Å². The van der Waals surface area contributed by atoms with E-state index >= 15 is 0 Å². The molecule has 0 bridgehead atoms. The summed E-state index contributed by atoms with van der Waals surface area (Å²) < 4.78 is 0. The molecule has 0 aliphatic heterocycles. The zero-order valence-corrected chi connectivity index (χ0v) is 10.4. The summed E-state index contributed by atoms with van der Waals surface area (Å²) in [5.41, 5.74) is 13.2. The lowest BCUT2D eigenvalue weighted by Gasteiger charge is -2.13. The second kappa shape index (κ2) is 4.79. The summed E-state index contributed by atoms with van der Waals surface area (Å²) in [5.74, 6) is 1.08. The van der Waals surface area contributed by atoms with Crippen molar-refractivity contribution in [3.05, 3.63) is 30.3 Å². The molecule has 1 heterocycles. The normalized spacial score (nSPS) is 10.1. The van der Waals surface area contributed by atoms with Gasteiger partial charge in [-0.15, -0.1) is 0 Å². The van der Waals surface area contributed by atoms with E-state index in [0.29, 0.717) is 11.6 Å². The predicted octanol–water partition coefficient (Wildman–Crippen LogP) is 1.45. The van der Waals surface area contributed by atoms with Crippen LogP contribution in [0.5, 0.6) is 0 Å². The van der Waals surface area contributed by atoms with Crippen LogP contribution < -0.4 is 21.7 Å². The fraction of sp³-hybridized carbons (Fsp3) is 0.167. The number of anilines is 5. The number of nitrogens with two attached hydrogens (primary N) is 2. The molecule has 0 aliphatic carbocycles. The summed E-state index contributed by atoms with van der Waals surface area (Å²) in [6.07, 6.45) is 0. The number of benzene rings is 1. The van der Waals surface area contributed by atoms with Gasteiger partial charge in [0.1, 0.15) is 11.6 Å². The van der Waals surface area contributed by atoms with Gasteiger partial charge in [0.2, 0.25) is 5.95 Å². The first kappa shape index (κ1) is 12.0. The lowest BCUT2D eigenvalue weighted by atomic mass is 10.2. The topological polar surface area (TPSA) is 93.1 Å². The van der Waals surface area contributed by atoms with Crippen molar-refractivity contribution in [2.45, 2.75) is 0 Å². The van der Waals surface area contributed by atoms with Gasteiger partial charge in [0, 0.05) is 31.5 Å². The molecule has 0 saturated carbocycles. The number of aromatic nitrogens is 2. The smallest absolute Gasteiger partial charge is 0.223 e. The Hall–Kier alpha value is -2.50. The van der Waals surface area contributed by atoms with E-state index < -0.39 is 0 Å². The Bertz CT molecular complexity index is 515. The van der Waals surface area contributed by atoms with Gasteiger partial charge in [-0.25, -0.2) is 0 Å². The summed E-state index contributed by atoms with van der Waals surface area (Å²) >= 11 is 0. The molecule has 1 aromatic heterocycles. The third kappa shape index (κ3) is 2.79. The molecule has 0 spiro atoms. The number of hydrogen-bond acceptors (Lipinski definition) is 6. The van der Waals surface area contributed by atoms with Crippen LogP contribution in [-0.4, -0.2) is 24.1 Å². The maximum absolute atomic E-state index is 5.60. The monoisotopic (exact) mass is 244 g/mol. The molecule has 5 N–H and O–H groups in total. The molecule has 0 radical (unpaired) electrons. The van der Waals surface area contributed by atoms with Crippen LogP contribution in [0.25, 0.3) is 0 Å². The first-order valence-corrected chi connectivity index (χ1v) is 5.49. The number of hydrogen-bond donors (Lipinski definition) is 3. The van der Waals surface area contributed by atoms with Crippen LogP contribution in [0.3, 0.4) is 0 Å². The van der Waals surface area contributed by atoms with Crippen molar-refractivity contribution in [2.75, 3.05) is 35.8 Å². The first-order valence-electron chi connectivity index (χ1n) is 5.49. The quantitative estimate of drug-likeness (QED) is 0.756. The van der Waals surface area contributed by atoms with Crippen LogP contribution in [0.2, 0.25) is 0 Å². The van der Waals surface area contributed by atoms with Gasteiger partial charge in [-0.2, -0.15) is 9.97 Å². The average Bonchev–Trinajstić information content (AvgIpc) is 2.28. The Kier molecular flexibility index (Phi) is 3.18. The van der Waals surface area contributed by atoms with E-state index in [9.17, 15) is 0 Å². The van der Waals surface area contributed by atoms with Gasteiger partial charge < -0.3 is 21.7 Å². The SMILES string of the molecule is CN(C)c1ccc(Nc2cc(N)nc(N)n2)cc1. The van der Waals surface area contributed by atoms with Gasteiger partial charge in [0.25, 0.3) is 0 Å². The van der Waals surface area contributed by atoms with Gasteiger partial charge in [-0.3, -0.25) is 0 Å². The van der Waals surface area contributed by atoms with Crippen molar-refractivity contribution in [3.63, 3.8) is 0 Å². The number of rotatable bonds is 3. The van der Waals surface area contributed by atoms with Crippen molar-refractivity contribution in [1.82, 2.24) is 9.97 Å². The van der Waals surface area contributed by atoms with E-state index in [4.69, 9.17) is 11.5 Å². The minimum atomic E-state index is 0.155. The molecule has 0 saturated heterocycles. The zero-order valence-electron chi connectivity index (χ0n) is 10.4.